The fourth-order valence-electron chi connectivity index (χ4n) is 9.85. The second-order valence-electron chi connectivity index (χ2n) is 19.4. The average Bonchev–Trinajstić information content (AvgIpc) is 3.46. The lowest BCUT2D eigenvalue weighted by Gasteiger charge is -2.62. The van der Waals surface area contributed by atoms with Crippen LogP contribution in [-0.4, -0.2) is 104 Å². The molecule has 2 bridgehead atoms. The molecule has 2 aromatic rings. The monoisotopic (exact) mass is 775 g/mol. The van der Waals surface area contributed by atoms with Gasteiger partial charge < -0.3 is 30.9 Å². The molecule has 3 saturated carbocycles. The van der Waals surface area contributed by atoms with Crippen LogP contribution in [0.3, 0.4) is 0 Å². The predicted molar refractivity (Wildman–Crippen MR) is 224 cm³/mol. The lowest BCUT2D eigenvalue weighted by Crippen LogP contribution is -2.62. The highest BCUT2D eigenvalue weighted by molar-refractivity contribution is 5.97. The Morgan fingerprint density at radius 3 is 2.34 bits per heavy atom. The highest BCUT2D eigenvalue weighted by Crippen LogP contribution is 2.61. The predicted octanol–water partition coefficient (Wildman–Crippen LogP) is 5.63. The molecule has 0 spiro atoms. The maximum atomic E-state index is 14.5. The van der Waals surface area contributed by atoms with Crippen molar-refractivity contribution in [1.82, 2.24) is 25.9 Å². The zero-order valence-corrected chi connectivity index (χ0v) is 36.3. The van der Waals surface area contributed by atoms with Crippen LogP contribution in [0, 0.1) is 41.4 Å². The molecule has 3 amide bonds. The van der Waals surface area contributed by atoms with E-state index in [0.717, 1.165) is 47.3 Å². The van der Waals surface area contributed by atoms with Gasteiger partial charge in [0.25, 0.3) is 5.91 Å². The summed E-state index contributed by atoms with van der Waals surface area (Å²) in [6.45, 7) is 19.9. The van der Waals surface area contributed by atoms with E-state index in [2.05, 4.69) is 81.4 Å². The number of nitrogens with zero attached hydrogens (tertiary/aromatic N) is 3. The average molecular weight is 775 g/mol. The van der Waals surface area contributed by atoms with E-state index in [0.29, 0.717) is 23.3 Å². The zero-order chi connectivity index (χ0) is 41.4. The second kappa shape index (κ2) is 17.1. The first-order chi connectivity index (χ1) is 26.1. The summed E-state index contributed by atoms with van der Waals surface area (Å²) in [5.41, 5.74) is 5.67. The lowest BCUT2D eigenvalue weighted by atomic mass is 9.45. The van der Waals surface area contributed by atoms with Crippen molar-refractivity contribution in [3.05, 3.63) is 53.1 Å². The third kappa shape index (κ3) is 9.77. The molecule has 0 unspecified atom stereocenters. The first-order valence-corrected chi connectivity index (χ1v) is 20.6. The highest BCUT2D eigenvalue weighted by atomic mass is 16.7. The number of anilines is 1. The van der Waals surface area contributed by atoms with Gasteiger partial charge in [-0.1, -0.05) is 59.7 Å². The summed E-state index contributed by atoms with van der Waals surface area (Å²) < 4.78 is 0. The van der Waals surface area contributed by atoms with Crippen LogP contribution in [-0.2, 0) is 21.0 Å². The number of carbonyl (C=O) groups is 3. The Labute approximate surface area is 336 Å². The van der Waals surface area contributed by atoms with E-state index in [1.54, 1.807) is 12.0 Å². The topological polar surface area (TPSA) is 126 Å². The van der Waals surface area contributed by atoms with Gasteiger partial charge in [-0.3, -0.25) is 19.2 Å². The fourth-order valence-corrected chi connectivity index (χ4v) is 9.85. The lowest BCUT2D eigenvalue weighted by molar-refractivity contribution is -0.177. The van der Waals surface area contributed by atoms with Crippen molar-refractivity contribution in [2.45, 2.75) is 118 Å². The molecular formula is C45H70N6O5. The molecule has 9 atom stereocenters. The molecule has 1 heterocycles. The molecule has 11 nitrogen and oxygen atoms in total. The maximum absolute atomic E-state index is 14.5. The third-order valence-corrected chi connectivity index (χ3v) is 13.0. The largest absolute Gasteiger partial charge is 0.393 e. The summed E-state index contributed by atoms with van der Waals surface area (Å²) in [5, 5.41) is 22.5. The third-order valence-electron chi connectivity index (χ3n) is 13.0. The molecule has 11 heteroatoms. The molecule has 1 saturated heterocycles. The summed E-state index contributed by atoms with van der Waals surface area (Å²) in [6, 6.07) is 11.4. The number of amides is 3. The van der Waals surface area contributed by atoms with Gasteiger partial charge in [-0.2, -0.15) is 5.06 Å². The van der Waals surface area contributed by atoms with Gasteiger partial charge in [-0.25, -0.2) is 0 Å². The van der Waals surface area contributed by atoms with E-state index in [9.17, 15) is 19.5 Å². The minimum Gasteiger partial charge on any atom is -0.393 e. The van der Waals surface area contributed by atoms with Crippen molar-refractivity contribution in [2.24, 2.45) is 34.5 Å². The number of likely N-dealkylation sites (N-methyl/N-ethyl adjacent to an activating group) is 1. The molecule has 310 valence electrons. The van der Waals surface area contributed by atoms with Crippen LogP contribution >= 0.6 is 0 Å². The molecule has 4 N–H and O–H groups in total. The number of carbonyl (C=O) groups excluding carboxylic acids is 3. The Bertz CT molecular complexity index is 1730. The van der Waals surface area contributed by atoms with E-state index in [-0.39, 0.29) is 53.7 Å². The van der Waals surface area contributed by atoms with E-state index >= 15 is 0 Å². The molecule has 1 aliphatic heterocycles. The number of benzene rings is 2. The van der Waals surface area contributed by atoms with Gasteiger partial charge in [0.2, 0.25) is 11.8 Å². The van der Waals surface area contributed by atoms with Gasteiger partial charge in [-0.05, 0) is 116 Å². The quantitative estimate of drug-likeness (QED) is 0.195. The zero-order valence-electron chi connectivity index (χ0n) is 36.3. The molecule has 2 aromatic carbocycles. The van der Waals surface area contributed by atoms with Gasteiger partial charge >= 0.3 is 0 Å². The van der Waals surface area contributed by atoms with Crippen LogP contribution in [0.25, 0.3) is 11.1 Å². The molecule has 0 aromatic heterocycles. The molecular weight excluding hydrogens is 705 g/mol. The summed E-state index contributed by atoms with van der Waals surface area (Å²) in [4.78, 5) is 51.0. The maximum Gasteiger partial charge on any atom is 0.251 e. The van der Waals surface area contributed by atoms with E-state index in [1.807, 2.05) is 57.4 Å². The van der Waals surface area contributed by atoms with Crippen LogP contribution in [0.2, 0.25) is 0 Å². The van der Waals surface area contributed by atoms with Gasteiger partial charge in [0, 0.05) is 63.4 Å². The number of rotatable bonds is 14. The Morgan fingerprint density at radius 1 is 1.07 bits per heavy atom. The van der Waals surface area contributed by atoms with Crippen LogP contribution in [0.1, 0.15) is 96.1 Å². The van der Waals surface area contributed by atoms with Gasteiger partial charge in [0.15, 0.2) is 0 Å². The van der Waals surface area contributed by atoms with Crippen molar-refractivity contribution in [3.8, 4) is 11.1 Å². The Balaban J connectivity index is 1.45. The molecule has 4 fully saturated rings. The van der Waals surface area contributed by atoms with Crippen molar-refractivity contribution in [2.75, 3.05) is 46.2 Å². The Morgan fingerprint density at radius 2 is 1.77 bits per heavy atom. The highest BCUT2D eigenvalue weighted by Gasteiger charge is 2.57. The number of hydrogen-bond acceptors (Lipinski definition) is 8. The summed E-state index contributed by atoms with van der Waals surface area (Å²) in [5.74, 6) is 0.457. The Hall–Kier alpha value is -3.51. The number of hydroxylamine groups is 2. The number of fused-ring (bicyclic) bond motifs is 2. The standard InChI is InChI=1S/C45H70N6O5/c1-26-30(15-14-16-36(26)31-17-32(19-35(18-31)50(12)13)42(54)47-34(25-49(10)11)22-44(5,6)7)24-51-41(40(28(3)52)39(56-51)23-46-29(4)53)43(55)48-38-21-33-20-37(27(38)2)45(33,8)9/h14-19,27-28,33-34,37-41,52H,20-25H2,1-13H3,(H,46,53)(H,47,54)(H,48,55)/t27-,28-,33+,34-,37-,38-,39-,40+,41-/m0/s1. The van der Waals surface area contributed by atoms with E-state index in [4.69, 9.17) is 4.84 Å². The summed E-state index contributed by atoms with van der Waals surface area (Å²) >= 11 is 0. The van der Waals surface area contributed by atoms with Gasteiger partial charge in [0.1, 0.15) is 12.1 Å². The smallest absolute Gasteiger partial charge is 0.251 e. The molecule has 0 radical (unpaired) electrons. The molecule has 3 aliphatic carbocycles. The number of hydrogen-bond donors (Lipinski definition) is 4. The SMILES string of the molecule is CC(=O)NC[C@@H]1ON(Cc2cccc(-c3cc(C(=O)N[C@H](CN(C)C)CC(C)(C)C)cc(N(C)C)c3)c2C)[C@H](C(=O)N[C@H]2C[C@H]3C[C@@H]([C@@H]2C)C3(C)C)[C@@H]1[C@H](C)O. The normalized spacial score (nSPS) is 26.9. The second-order valence-corrected chi connectivity index (χ2v) is 19.4. The first-order valence-electron chi connectivity index (χ1n) is 20.6. The number of aliphatic hydroxyl groups excluding tert-OH is 1. The van der Waals surface area contributed by atoms with Crippen molar-refractivity contribution < 1.29 is 24.3 Å². The van der Waals surface area contributed by atoms with Crippen LogP contribution in [0.5, 0.6) is 0 Å². The van der Waals surface area contributed by atoms with Gasteiger partial charge in [0.05, 0.1) is 12.6 Å². The molecule has 4 aliphatic rings. The van der Waals surface area contributed by atoms with Crippen molar-refractivity contribution in [1.29, 1.82) is 0 Å². The minimum absolute atomic E-state index is 0.0153. The van der Waals surface area contributed by atoms with Gasteiger partial charge in [-0.15, -0.1) is 0 Å². The number of nitrogens with one attached hydrogen (secondary N) is 3. The first kappa shape index (κ1) is 43.6. The fraction of sp³-hybridized carbons (Fsp3) is 0.667. The molecule has 56 heavy (non-hydrogen) atoms. The van der Waals surface area contributed by atoms with Crippen LogP contribution in [0.15, 0.2) is 36.4 Å². The molecule has 6 rings (SSSR count). The van der Waals surface area contributed by atoms with Crippen molar-refractivity contribution in [3.63, 3.8) is 0 Å². The Kier molecular flexibility index (Phi) is 13.4. The summed E-state index contributed by atoms with van der Waals surface area (Å²) in [7, 11) is 8.00. The van der Waals surface area contributed by atoms with E-state index in [1.165, 1.54) is 13.3 Å². The van der Waals surface area contributed by atoms with E-state index < -0.39 is 24.2 Å². The number of aliphatic hydroxyl groups is 1. The van der Waals surface area contributed by atoms with Crippen molar-refractivity contribution >= 4 is 23.4 Å². The minimum atomic E-state index is -0.864. The van der Waals surface area contributed by atoms with Crippen LogP contribution < -0.4 is 20.9 Å². The summed E-state index contributed by atoms with van der Waals surface area (Å²) in [6.07, 6.45) is 1.54. The van der Waals surface area contributed by atoms with Crippen LogP contribution in [0.4, 0.5) is 5.69 Å².